The zero-order valence-corrected chi connectivity index (χ0v) is 15.5. The Hall–Kier alpha value is -3.60. The highest BCUT2D eigenvalue weighted by molar-refractivity contribution is 5.93. The van der Waals surface area contributed by atoms with Crippen molar-refractivity contribution in [2.45, 2.75) is 12.8 Å². The predicted molar refractivity (Wildman–Crippen MR) is 104 cm³/mol. The second-order valence-corrected chi connectivity index (χ2v) is 6.48. The normalized spacial score (nSPS) is 11.9. The minimum Gasteiger partial charge on any atom is -0.406 e. The van der Waals surface area contributed by atoms with Crippen molar-refractivity contribution >= 4 is 28.2 Å². The molecule has 2 aromatic heterocycles. The second kappa shape index (κ2) is 7.67. The van der Waals surface area contributed by atoms with E-state index in [4.69, 9.17) is 10.8 Å². The van der Waals surface area contributed by atoms with E-state index in [2.05, 4.69) is 25.1 Å². The number of nitrogen functional groups attached to an aromatic ring is 1. The van der Waals surface area contributed by atoms with E-state index < -0.39 is 6.36 Å². The van der Waals surface area contributed by atoms with Crippen molar-refractivity contribution < 1.29 is 23.0 Å². The highest BCUT2D eigenvalue weighted by Gasteiger charge is 2.31. The molecule has 0 atom stereocenters. The number of nitrogens with zero attached hydrogens (tertiary/aromatic N) is 4. The Morgan fingerprint density at radius 2 is 1.87 bits per heavy atom. The number of nitrogens with two attached hydrogens (primary N) is 1. The summed E-state index contributed by atoms with van der Waals surface area (Å²) in [5.41, 5.74) is 8.44. The van der Waals surface area contributed by atoms with E-state index in [0.29, 0.717) is 29.1 Å². The molecule has 0 aliphatic carbocycles. The van der Waals surface area contributed by atoms with Crippen molar-refractivity contribution in [1.82, 2.24) is 19.6 Å². The zero-order chi connectivity index (χ0) is 21.3. The van der Waals surface area contributed by atoms with Crippen LogP contribution < -0.4 is 15.8 Å². The molecule has 2 heterocycles. The van der Waals surface area contributed by atoms with E-state index in [1.54, 1.807) is 0 Å². The summed E-state index contributed by atoms with van der Waals surface area (Å²) in [5.74, 6) is 0.305. The monoisotopic (exact) mass is 418 g/mol. The maximum Gasteiger partial charge on any atom is 0.573 e. The highest BCUT2D eigenvalue weighted by Crippen LogP contribution is 2.25. The first kappa shape index (κ1) is 19.7. The van der Waals surface area contributed by atoms with Crippen molar-refractivity contribution in [2.75, 3.05) is 24.2 Å². The van der Waals surface area contributed by atoms with E-state index >= 15 is 0 Å². The molecule has 0 fully saturated rings. The van der Waals surface area contributed by atoms with Crippen LogP contribution in [-0.4, -0.2) is 44.2 Å². The van der Waals surface area contributed by atoms with Gasteiger partial charge in [0.2, 0.25) is 5.95 Å². The molecular formula is C19H17F3N6O2. The standard InChI is InChI=1S/C19H17F3N6O2/c20-19(21,22)30-13-4-1-11(2-5-13)9-16-25-15-10-12(24-7-8-29)3-6-14(15)17-26-18(23)27-28(16)17/h1-6,10,24,29H,7-9H2,(H2,23,27). The molecule has 0 spiro atoms. The predicted octanol–water partition coefficient (Wildman–Crippen LogP) is 2.75. The van der Waals surface area contributed by atoms with Gasteiger partial charge in [0.25, 0.3) is 0 Å². The third kappa shape index (κ3) is 4.20. The fourth-order valence-corrected chi connectivity index (χ4v) is 3.10. The molecule has 4 rings (SSSR count). The molecule has 0 aliphatic rings. The first-order chi connectivity index (χ1) is 14.3. The minimum absolute atomic E-state index is 0.00941. The van der Waals surface area contributed by atoms with Gasteiger partial charge in [-0.15, -0.1) is 18.3 Å². The molecule has 2 aromatic carbocycles. The number of ether oxygens (including phenoxy) is 1. The number of anilines is 2. The number of halogens is 3. The van der Waals surface area contributed by atoms with Gasteiger partial charge in [-0.25, -0.2) is 4.98 Å². The number of nitrogens with one attached hydrogen (secondary N) is 1. The molecule has 4 aromatic rings. The van der Waals surface area contributed by atoms with Gasteiger partial charge in [0.15, 0.2) is 5.65 Å². The quantitative estimate of drug-likeness (QED) is 0.442. The van der Waals surface area contributed by atoms with E-state index in [1.807, 2.05) is 18.2 Å². The van der Waals surface area contributed by atoms with Crippen LogP contribution in [0.1, 0.15) is 11.4 Å². The number of benzene rings is 2. The Balaban J connectivity index is 1.71. The summed E-state index contributed by atoms with van der Waals surface area (Å²) < 4.78 is 42.5. The van der Waals surface area contributed by atoms with Gasteiger partial charge in [-0.2, -0.15) is 9.50 Å². The molecular weight excluding hydrogens is 401 g/mol. The molecule has 0 amide bonds. The van der Waals surface area contributed by atoms with Crippen LogP contribution in [-0.2, 0) is 6.42 Å². The first-order valence-corrected chi connectivity index (χ1v) is 8.97. The average Bonchev–Trinajstić information content (AvgIpc) is 3.08. The molecule has 0 unspecified atom stereocenters. The Labute approximate surface area is 168 Å². The Kier molecular flexibility index (Phi) is 5.04. The number of hydrogen-bond donors (Lipinski definition) is 3. The lowest BCUT2D eigenvalue weighted by Gasteiger charge is -2.11. The first-order valence-electron chi connectivity index (χ1n) is 8.97. The van der Waals surface area contributed by atoms with Crippen molar-refractivity contribution in [2.24, 2.45) is 0 Å². The fraction of sp³-hybridized carbons (Fsp3) is 0.211. The molecule has 0 radical (unpaired) electrons. The number of aliphatic hydroxyl groups excluding tert-OH is 1. The largest absolute Gasteiger partial charge is 0.573 e. The van der Waals surface area contributed by atoms with Crippen LogP contribution in [0.25, 0.3) is 16.6 Å². The summed E-state index contributed by atoms with van der Waals surface area (Å²) in [6.07, 6.45) is -4.45. The number of hydrogen-bond acceptors (Lipinski definition) is 7. The zero-order valence-electron chi connectivity index (χ0n) is 15.5. The Morgan fingerprint density at radius 3 is 2.57 bits per heavy atom. The van der Waals surface area contributed by atoms with Crippen LogP contribution in [0.2, 0.25) is 0 Å². The van der Waals surface area contributed by atoms with Crippen LogP contribution >= 0.6 is 0 Å². The molecule has 156 valence electrons. The summed E-state index contributed by atoms with van der Waals surface area (Å²) in [5, 5.41) is 17.0. The molecule has 0 saturated heterocycles. The lowest BCUT2D eigenvalue weighted by molar-refractivity contribution is -0.274. The lowest BCUT2D eigenvalue weighted by atomic mass is 10.1. The van der Waals surface area contributed by atoms with Gasteiger partial charge < -0.3 is 20.9 Å². The molecule has 8 nitrogen and oxygen atoms in total. The third-order valence-corrected chi connectivity index (χ3v) is 4.32. The lowest BCUT2D eigenvalue weighted by Crippen LogP contribution is -2.17. The van der Waals surface area contributed by atoms with Crippen molar-refractivity contribution in [3.05, 3.63) is 53.9 Å². The van der Waals surface area contributed by atoms with Gasteiger partial charge >= 0.3 is 6.36 Å². The van der Waals surface area contributed by atoms with Gasteiger partial charge in [0.1, 0.15) is 11.6 Å². The summed E-state index contributed by atoms with van der Waals surface area (Å²) in [7, 11) is 0. The number of alkyl halides is 3. The number of fused-ring (bicyclic) bond motifs is 3. The third-order valence-electron chi connectivity index (χ3n) is 4.32. The summed E-state index contributed by atoms with van der Waals surface area (Å²) in [6, 6.07) is 11.0. The molecule has 11 heteroatoms. The maximum atomic E-state index is 12.3. The topological polar surface area (TPSA) is 111 Å². The van der Waals surface area contributed by atoms with Crippen LogP contribution in [0.4, 0.5) is 24.8 Å². The number of aromatic nitrogens is 4. The highest BCUT2D eigenvalue weighted by atomic mass is 19.4. The van der Waals surface area contributed by atoms with Crippen molar-refractivity contribution in [1.29, 1.82) is 0 Å². The van der Waals surface area contributed by atoms with Gasteiger partial charge in [-0.1, -0.05) is 12.1 Å². The van der Waals surface area contributed by atoms with E-state index in [0.717, 1.165) is 11.1 Å². The van der Waals surface area contributed by atoms with Crippen LogP contribution in [0.3, 0.4) is 0 Å². The van der Waals surface area contributed by atoms with Crippen LogP contribution in [0.15, 0.2) is 42.5 Å². The minimum atomic E-state index is -4.74. The van der Waals surface area contributed by atoms with Gasteiger partial charge in [0, 0.05) is 24.0 Å². The SMILES string of the molecule is Nc1nc2c3ccc(NCCO)cc3nc(Cc3ccc(OC(F)(F)F)cc3)n2n1. The molecule has 0 saturated carbocycles. The number of aliphatic hydroxyl groups is 1. The molecule has 30 heavy (non-hydrogen) atoms. The van der Waals surface area contributed by atoms with Crippen molar-refractivity contribution in [3.8, 4) is 5.75 Å². The van der Waals surface area contributed by atoms with E-state index in [9.17, 15) is 13.2 Å². The Morgan fingerprint density at radius 1 is 1.10 bits per heavy atom. The fourth-order valence-electron chi connectivity index (χ4n) is 3.10. The van der Waals surface area contributed by atoms with E-state index in [1.165, 1.54) is 28.8 Å². The average molecular weight is 418 g/mol. The smallest absolute Gasteiger partial charge is 0.406 e. The maximum absolute atomic E-state index is 12.3. The van der Waals surface area contributed by atoms with E-state index in [-0.39, 0.29) is 24.7 Å². The van der Waals surface area contributed by atoms with Crippen LogP contribution in [0.5, 0.6) is 5.75 Å². The summed E-state index contributed by atoms with van der Waals surface area (Å²) in [6.45, 7) is 0.384. The second-order valence-electron chi connectivity index (χ2n) is 6.48. The van der Waals surface area contributed by atoms with Gasteiger partial charge in [0.05, 0.1) is 12.1 Å². The van der Waals surface area contributed by atoms with Crippen molar-refractivity contribution in [3.63, 3.8) is 0 Å². The van der Waals surface area contributed by atoms with Gasteiger partial charge in [-0.05, 0) is 35.9 Å². The van der Waals surface area contributed by atoms with Crippen LogP contribution in [0, 0.1) is 0 Å². The molecule has 0 bridgehead atoms. The molecule has 0 aliphatic heterocycles. The summed E-state index contributed by atoms with van der Waals surface area (Å²) in [4.78, 5) is 8.93. The Bertz CT molecular complexity index is 1190. The summed E-state index contributed by atoms with van der Waals surface area (Å²) >= 11 is 0. The molecule has 4 N–H and O–H groups in total. The van der Waals surface area contributed by atoms with Gasteiger partial charge in [-0.3, -0.25) is 0 Å². The number of rotatable bonds is 6.